The molecular formula is C11H11Cl2NO4S2. The number of aliphatic carboxylic acids is 1. The summed E-state index contributed by atoms with van der Waals surface area (Å²) in [6, 6.07) is -1.07. The first kappa shape index (κ1) is 17.2. The Labute approximate surface area is 134 Å². The van der Waals surface area contributed by atoms with Gasteiger partial charge >= 0.3 is 11.9 Å². The topological polar surface area (TPSA) is 75.6 Å². The van der Waals surface area contributed by atoms with Crippen molar-refractivity contribution in [1.82, 2.24) is 5.32 Å². The van der Waals surface area contributed by atoms with Gasteiger partial charge < -0.3 is 15.2 Å². The Bertz CT molecular complexity index is 559. The number of thiocarbonyl (C=S) groups is 1. The summed E-state index contributed by atoms with van der Waals surface area (Å²) < 4.78 is 4.92. The number of thiophene rings is 1. The molecule has 2 N–H and O–H groups in total. The van der Waals surface area contributed by atoms with Crippen LogP contribution in [0.5, 0.6) is 0 Å². The van der Waals surface area contributed by atoms with Crippen molar-refractivity contribution >= 4 is 63.7 Å². The highest BCUT2D eigenvalue weighted by atomic mass is 35.5. The minimum atomic E-state index is -1.14. The number of carbonyl (C=O) groups excluding carboxylic acids is 1. The molecule has 20 heavy (non-hydrogen) atoms. The minimum Gasteiger partial charge on any atom is -0.481 e. The minimum absolute atomic E-state index is 0.206. The third-order valence-corrected chi connectivity index (χ3v) is 5.06. The number of carboxylic acids is 1. The molecule has 0 fully saturated rings. The lowest BCUT2D eigenvalue weighted by Gasteiger charge is -2.16. The van der Waals surface area contributed by atoms with E-state index in [0.717, 1.165) is 11.3 Å². The maximum absolute atomic E-state index is 11.5. The SMILES string of the molecule is COC(=O)[C@H](CC(=O)O)NC(=S)c1sc(Cl)c(Cl)c1C. The fraction of sp³-hybridized carbons (Fsp3) is 0.364. The van der Waals surface area contributed by atoms with Gasteiger partial charge in [0, 0.05) is 0 Å². The molecule has 0 saturated heterocycles. The largest absolute Gasteiger partial charge is 0.481 e. The summed E-state index contributed by atoms with van der Waals surface area (Å²) in [7, 11) is 1.17. The van der Waals surface area contributed by atoms with Crippen LogP contribution >= 0.6 is 46.8 Å². The number of methoxy groups -OCH3 is 1. The highest BCUT2D eigenvalue weighted by molar-refractivity contribution is 7.81. The Kier molecular flexibility index (Phi) is 6.19. The van der Waals surface area contributed by atoms with Gasteiger partial charge in [0.05, 0.1) is 23.4 Å². The molecule has 0 aliphatic carbocycles. The van der Waals surface area contributed by atoms with Crippen molar-refractivity contribution in [2.24, 2.45) is 0 Å². The van der Waals surface area contributed by atoms with E-state index in [2.05, 4.69) is 10.1 Å². The molecule has 110 valence electrons. The number of nitrogens with one attached hydrogen (secondary N) is 1. The third-order valence-electron chi connectivity index (χ3n) is 2.41. The van der Waals surface area contributed by atoms with Crippen molar-refractivity contribution in [2.45, 2.75) is 19.4 Å². The molecule has 9 heteroatoms. The van der Waals surface area contributed by atoms with Crippen molar-refractivity contribution in [3.8, 4) is 0 Å². The van der Waals surface area contributed by atoms with Crippen LogP contribution in [0.15, 0.2) is 0 Å². The molecule has 0 aliphatic heterocycles. The van der Waals surface area contributed by atoms with Gasteiger partial charge in [0.1, 0.15) is 15.4 Å². The van der Waals surface area contributed by atoms with Gasteiger partial charge in [0.25, 0.3) is 0 Å². The van der Waals surface area contributed by atoms with Gasteiger partial charge in [-0.15, -0.1) is 11.3 Å². The molecule has 1 aromatic rings. The molecule has 0 aromatic carbocycles. The maximum atomic E-state index is 11.5. The van der Waals surface area contributed by atoms with E-state index in [1.165, 1.54) is 7.11 Å². The number of carbonyl (C=O) groups is 2. The fourth-order valence-electron chi connectivity index (χ4n) is 1.41. The van der Waals surface area contributed by atoms with Gasteiger partial charge in [-0.05, 0) is 12.5 Å². The molecule has 1 rings (SSSR count). The highest BCUT2D eigenvalue weighted by Gasteiger charge is 2.25. The van der Waals surface area contributed by atoms with E-state index in [4.69, 9.17) is 40.5 Å². The monoisotopic (exact) mass is 355 g/mol. The zero-order valence-electron chi connectivity index (χ0n) is 10.5. The molecule has 0 amide bonds. The lowest BCUT2D eigenvalue weighted by molar-refractivity contribution is -0.147. The summed E-state index contributed by atoms with van der Waals surface area (Å²) in [5.41, 5.74) is 0.679. The summed E-state index contributed by atoms with van der Waals surface area (Å²) in [4.78, 5) is 23.1. The van der Waals surface area contributed by atoms with Gasteiger partial charge in [-0.1, -0.05) is 35.4 Å². The van der Waals surface area contributed by atoms with Crippen molar-refractivity contribution in [3.63, 3.8) is 0 Å². The lowest BCUT2D eigenvalue weighted by atomic mass is 10.2. The van der Waals surface area contributed by atoms with E-state index >= 15 is 0 Å². The standard InChI is InChI=1S/C11H11Cl2NO4S2/c1-4-7(12)9(13)20-8(4)10(19)14-5(3-6(15)16)11(17)18-2/h5H,3H2,1-2H3,(H,14,19)(H,15,16)/t5-/m0/s1. The third kappa shape index (κ3) is 4.05. The summed E-state index contributed by atoms with van der Waals surface area (Å²) in [6.07, 6.45) is -0.446. The number of carboxylic acid groups (broad SMARTS) is 1. The highest BCUT2D eigenvalue weighted by Crippen LogP contribution is 2.36. The molecule has 0 spiro atoms. The predicted molar refractivity (Wildman–Crippen MR) is 82.0 cm³/mol. The van der Waals surface area contributed by atoms with Crippen molar-refractivity contribution in [2.75, 3.05) is 7.11 Å². The van der Waals surface area contributed by atoms with E-state index in [1.54, 1.807) is 6.92 Å². The van der Waals surface area contributed by atoms with Gasteiger partial charge in [-0.25, -0.2) is 4.79 Å². The summed E-state index contributed by atoms with van der Waals surface area (Å²) in [6.45, 7) is 1.73. The molecule has 1 heterocycles. The number of ether oxygens (including phenoxy) is 1. The molecule has 5 nitrogen and oxygen atoms in total. The summed E-state index contributed by atoms with van der Waals surface area (Å²) in [5, 5.41) is 11.8. The fourth-order valence-corrected chi connectivity index (χ4v) is 3.30. The number of esters is 1. The van der Waals surface area contributed by atoms with Gasteiger partial charge in [-0.3, -0.25) is 4.79 Å². The van der Waals surface area contributed by atoms with Crippen molar-refractivity contribution in [3.05, 3.63) is 19.8 Å². The quantitative estimate of drug-likeness (QED) is 0.624. The Morgan fingerprint density at radius 1 is 1.50 bits per heavy atom. The Morgan fingerprint density at radius 2 is 2.10 bits per heavy atom. The predicted octanol–water partition coefficient (Wildman–Crippen LogP) is 2.64. The molecule has 0 radical (unpaired) electrons. The van der Waals surface area contributed by atoms with Gasteiger partial charge in [0.2, 0.25) is 0 Å². The molecular weight excluding hydrogens is 345 g/mol. The van der Waals surface area contributed by atoms with E-state index in [0.29, 0.717) is 19.8 Å². The van der Waals surface area contributed by atoms with Gasteiger partial charge in [-0.2, -0.15) is 0 Å². The van der Waals surface area contributed by atoms with Crippen LogP contribution in [-0.2, 0) is 14.3 Å². The lowest BCUT2D eigenvalue weighted by Crippen LogP contribution is -2.42. The Hall–Kier alpha value is -0.890. The molecule has 0 unspecified atom stereocenters. The van der Waals surface area contributed by atoms with E-state index < -0.39 is 24.4 Å². The van der Waals surface area contributed by atoms with Crippen LogP contribution in [0.1, 0.15) is 16.9 Å². The second-order valence-electron chi connectivity index (χ2n) is 3.79. The van der Waals surface area contributed by atoms with Gasteiger partial charge in [0.15, 0.2) is 0 Å². The van der Waals surface area contributed by atoms with E-state index in [1.807, 2.05) is 0 Å². The van der Waals surface area contributed by atoms with Crippen molar-refractivity contribution < 1.29 is 19.4 Å². The van der Waals surface area contributed by atoms with Crippen LogP contribution in [-0.4, -0.2) is 35.2 Å². The van der Waals surface area contributed by atoms with Crippen LogP contribution in [0.3, 0.4) is 0 Å². The maximum Gasteiger partial charge on any atom is 0.328 e. The second kappa shape index (κ2) is 7.21. The number of hydrogen-bond donors (Lipinski definition) is 2. The normalized spacial score (nSPS) is 11.8. The second-order valence-corrected chi connectivity index (χ2v) is 6.20. The smallest absolute Gasteiger partial charge is 0.328 e. The molecule has 0 aliphatic rings. The zero-order chi connectivity index (χ0) is 15.4. The van der Waals surface area contributed by atoms with E-state index in [9.17, 15) is 9.59 Å². The van der Waals surface area contributed by atoms with Crippen LogP contribution in [0, 0.1) is 6.92 Å². The molecule has 1 aromatic heterocycles. The van der Waals surface area contributed by atoms with Crippen LogP contribution in [0.4, 0.5) is 0 Å². The average molecular weight is 356 g/mol. The Balaban J connectivity index is 2.93. The number of rotatable bonds is 5. The molecule has 0 saturated carbocycles. The first-order valence-electron chi connectivity index (χ1n) is 5.32. The Morgan fingerprint density at radius 3 is 2.50 bits per heavy atom. The van der Waals surface area contributed by atoms with Crippen molar-refractivity contribution in [1.29, 1.82) is 0 Å². The summed E-state index contributed by atoms with van der Waals surface area (Å²) >= 11 is 18.2. The number of hydrogen-bond acceptors (Lipinski definition) is 5. The zero-order valence-corrected chi connectivity index (χ0v) is 13.7. The summed E-state index contributed by atoms with van der Waals surface area (Å²) in [5.74, 6) is -1.85. The van der Waals surface area contributed by atoms with Crippen LogP contribution in [0.2, 0.25) is 9.36 Å². The van der Waals surface area contributed by atoms with Crippen LogP contribution < -0.4 is 5.32 Å². The molecule has 0 bridgehead atoms. The first-order valence-corrected chi connectivity index (χ1v) is 7.30. The molecule has 1 atom stereocenters. The first-order chi connectivity index (χ1) is 9.27. The average Bonchev–Trinajstić information content (AvgIpc) is 2.64. The van der Waals surface area contributed by atoms with E-state index in [-0.39, 0.29) is 4.99 Å². The van der Waals surface area contributed by atoms with Crippen LogP contribution in [0.25, 0.3) is 0 Å². The number of halogens is 2.